The first-order valence-corrected chi connectivity index (χ1v) is 6.47. The Kier molecular flexibility index (Phi) is 6.00. The second kappa shape index (κ2) is 7.52. The Morgan fingerprint density at radius 3 is 2.47 bits per heavy atom. The van der Waals surface area contributed by atoms with Crippen molar-refractivity contribution in [2.24, 2.45) is 5.92 Å². The SMILES string of the molecule is CC/C=C(\C)C(=O)[C@@H](C)C(=O)OCc1ccccc1. The van der Waals surface area contributed by atoms with E-state index in [0.29, 0.717) is 5.57 Å². The van der Waals surface area contributed by atoms with Crippen molar-refractivity contribution >= 4 is 11.8 Å². The van der Waals surface area contributed by atoms with Gasteiger partial charge in [0.15, 0.2) is 5.78 Å². The Bertz CT molecular complexity index is 460. The number of esters is 1. The van der Waals surface area contributed by atoms with Gasteiger partial charge in [0.25, 0.3) is 0 Å². The Morgan fingerprint density at radius 2 is 1.89 bits per heavy atom. The number of benzene rings is 1. The first-order chi connectivity index (χ1) is 9.06. The van der Waals surface area contributed by atoms with Crippen LogP contribution in [-0.4, -0.2) is 11.8 Å². The molecule has 1 rings (SSSR count). The van der Waals surface area contributed by atoms with Crippen molar-refractivity contribution in [3.63, 3.8) is 0 Å². The zero-order valence-corrected chi connectivity index (χ0v) is 11.7. The monoisotopic (exact) mass is 260 g/mol. The standard InChI is InChI=1S/C16H20O3/c1-4-8-12(2)15(17)13(3)16(18)19-11-14-9-6-5-7-10-14/h5-10,13H,4,11H2,1-3H3/b12-8+/t13-/m1/s1. The zero-order valence-electron chi connectivity index (χ0n) is 11.7. The topological polar surface area (TPSA) is 43.4 Å². The molecule has 0 saturated heterocycles. The minimum absolute atomic E-state index is 0.167. The molecule has 0 saturated carbocycles. The van der Waals surface area contributed by atoms with E-state index in [0.717, 1.165) is 12.0 Å². The minimum Gasteiger partial charge on any atom is -0.460 e. The van der Waals surface area contributed by atoms with Gasteiger partial charge in [-0.2, -0.15) is 0 Å². The number of ether oxygens (including phenoxy) is 1. The Hall–Kier alpha value is -1.90. The van der Waals surface area contributed by atoms with Crippen molar-refractivity contribution in [1.82, 2.24) is 0 Å². The normalized spacial score (nSPS) is 12.9. The molecule has 0 unspecified atom stereocenters. The van der Waals surface area contributed by atoms with E-state index in [9.17, 15) is 9.59 Å². The smallest absolute Gasteiger partial charge is 0.316 e. The van der Waals surface area contributed by atoms with Gasteiger partial charge in [0, 0.05) is 0 Å². The highest BCUT2D eigenvalue weighted by Gasteiger charge is 2.23. The van der Waals surface area contributed by atoms with E-state index in [1.165, 1.54) is 0 Å². The molecule has 3 heteroatoms. The number of allylic oxidation sites excluding steroid dienone is 2. The van der Waals surface area contributed by atoms with E-state index in [1.807, 2.05) is 43.3 Å². The van der Waals surface area contributed by atoms with Gasteiger partial charge in [0.1, 0.15) is 12.5 Å². The first kappa shape index (κ1) is 15.2. The summed E-state index contributed by atoms with van der Waals surface area (Å²) in [7, 11) is 0. The molecule has 0 N–H and O–H groups in total. The van der Waals surface area contributed by atoms with Crippen LogP contribution in [0.5, 0.6) is 0 Å². The lowest BCUT2D eigenvalue weighted by molar-refractivity contribution is -0.151. The number of hydrogen-bond donors (Lipinski definition) is 0. The van der Waals surface area contributed by atoms with Crippen LogP contribution in [0.15, 0.2) is 42.0 Å². The molecule has 0 spiro atoms. The third-order valence-corrected chi connectivity index (χ3v) is 2.87. The highest BCUT2D eigenvalue weighted by molar-refractivity contribution is 6.07. The number of carbonyl (C=O) groups is 2. The second-order valence-electron chi connectivity index (χ2n) is 4.47. The third kappa shape index (κ3) is 4.70. The van der Waals surface area contributed by atoms with Gasteiger partial charge >= 0.3 is 5.97 Å². The van der Waals surface area contributed by atoms with Crippen LogP contribution >= 0.6 is 0 Å². The number of Topliss-reactive ketones (excluding diaryl/α,β-unsaturated/α-hetero) is 1. The average molecular weight is 260 g/mol. The molecule has 1 atom stereocenters. The van der Waals surface area contributed by atoms with Gasteiger partial charge in [-0.05, 0) is 31.4 Å². The molecule has 1 aromatic carbocycles. The lowest BCUT2D eigenvalue weighted by Gasteiger charge is -2.11. The lowest BCUT2D eigenvalue weighted by atomic mass is 10.00. The molecule has 0 fully saturated rings. The van der Waals surface area contributed by atoms with Crippen molar-refractivity contribution in [2.75, 3.05) is 0 Å². The van der Waals surface area contributed by atoms with E-state index < -0.39 is 11.9 Å². The fourth-order valence-electron chi connectivity index (χ4n) is 1.71. The molecule has 0 aliphatic heterocycles. The van der Waals surface area contributed by atoms with E-state index in [2.05, 4.69) is 0 Å². The molecule has 0 aromatic heterocycles. The van der Waals surface area contributed by atoms with Gasteiger partial charge in [-0.1, -0.05) is 43.3 Å². The lowest BCUT2D eigenvalue weighted by Crippen LogP contribution is -2.24. The average Bonchev–Trinajstić information content (AvgIpc) is 2.44. The van der Waals surface area contributed by atoms with Crippen molar-refractivity contribution in [3.8, 4) is 0 Å². The highest BCUT2D eigenvalue weighted by Crippen LogP contribution is 2.10. The molecule has 0 radical (unpaired) electrons. The van der Waals surface area contributed by atoms with Gasteiger partial charge < -0.3 is 4.74 Å². The summed E-state index contributed by atoms with van der Waals surface area (Å²) in [4.78, 5) is 23.7. The van der Waals surface area contributed by atoms with Crippen LogP contribution in [0.1, 0.15) is 32.8 Å². The van der Waals surface area contributed by atoms with E-state index >= 15 is 0 Å². The Morgan fingerprint density at radius 1 is 1.26 bits per heavy atom. The van der Waals surface area contributed by atoms with E-state index in [4.69, 9.17) is 4.74 Å². The van der Waals surface area contributed by atoms with Gasteiger partial charge in [-0.25, -0.2) is 0 Å². The molecule has 0 heterocycles. The van der Waals surface area contributed by atoms with Crippen LogP contribution in [0.3, 0.4) is 0 Å². The highest BCUT2D eigenvalue weighted by atomic mass is 16.5. The largest absolute Gasteiger partial charge is 0.460 e. The Balaban J connectivity index is 2.54. The van der Waals surface area contributed by atoms with E-state index in [-0.39, 0.29) is 12.4 Å². The minimum atomic E-state index is -0.744. The maximum Gasteiger partial charge on any atom is 0.316 e. The molecule has 102 valence electrons. The van der Waals surface area contributed by atoms with Crippen LogP contribution in [0.25, 0.3) is 0 Å². The van der Waals surface area contributed by atoms with Crippen LogP contribution < -0.4 is 0 Å². The molecule has 0 aliphatic carbocycles. The summed E-state index contributed by atoms with van der Waals surface area (Å²) < 4.78 is 5.15. The molecule has 3 nitrogen and oxygen atoms in total. The summed E-state index contributed by atoms with van der Waals surface area (Å²) in [6.07, 6.45) is 2.60. The fourth-order valence-corrected chi connectivity index (χ4v) is 1.71. The zero-order chi connectivity index (χ0) is 14.3. The van der Waals surface area contributed by atoms with Crippen molar-refractivity contribution < 1.29 is 14.3 Å². The van der Waals surface area contributed by atoms with Gasteiger partial charge in [-0.3, -0.25) is 9.59 Å². The van der Waals surface area contributed by atoms with Gasteiger partial charge in [0.05, 0.1) is 0 Å². The number of carbonyl (C=O) groups excluding carboxylic acids is 2. The predicted molar refractivity (Wildman–Crippen MR) is 74.5 cm³/mol. The van der Waals surface area contributed by atoms with Crippen molar-refractivity contribution in [3.05, 3.63) is 47.5 Å². The second-order valence-corrected chi connectivity index (χ2v) is 4.47. The summed E-state index contributed by atoms with van der Waals surface area (Å²) in [6, 6.07) is 9.41. The maximum atomic E-state index is 11.9. The van der Waals surface area contributed by atoms with Crippen LogP contribution in [0, 0.1) is 5.92 Å². The molecular formula is C16H20O3. The number of hydrogen-bond acceptors (Lipinski definition) is 3. The van der Waals surface area contributed by atoms with Gasteiger partial charge in [0.2, 0.25) is 0 Å². The molecular weight excluding hydrogens is 240 g/mol. The maximum absolute atomic E-state index is 11.9. The van der Waals surface area contributed by atoms with Crippen LogP contribution in [0.2, 0.25) is 0 Å². The fraction of sp³-hybridized carbons (Fsp3) is 0.375. The summed E-state index contributed by atoms with van der Waals surface area (Å²) in [5.74, 6) is -1.39. The number of ketones is 1. The summed E-state index contributed by atoms with van der Waals surface area (Å²) in [5, 5.41) is 0. The third-order valence-electron chi connectivity index (χ3n) is 2.87. The molecule has 1 aromatic rings. The van der Waals surface area contributed by atoms with E-state index in [1.54, 1.807) is 13.8 Å². The summed E-state index contributed by atoms with van der Waals surface area (Å²) in [5.41, 5.74) is 1.53. The Labute approximate surface area is 114 Å². The number of rotatable bonds is 6. The van der Waals surface area contributed by atoms with Crippen LogP contribution in [0.4, 0.5) is 0 Å². The summed E-state index contributed by atoms with van der Waals surface area (Å²) >= 11 is 0. The quantitative estimate of drug-likeness (QED) is 0.448. The van der Waals surface area contributed by atoms with Crippen molar-refractivity contribution in [2.45, 2.75) is 33.8 Å². The first-order valence-electron chi connectivity index (χ1n) is 6.47. The molecule has 0 bridgehead atoms. The summed E-state index contributed by atoms with van der Waals surface area (Å²) in [6.45, 7) is 5.47. The molecule has 19 heavy (non-hydrogen) atoms. The molecule has 0 amide bonds. The molecule has 0 aliphatic rings. The van der Waals surface area contributed by atoms with Crippen LogP contribution in [-0.2, 0) is 20.9 Å². The van der Waals surface area contributed by atoms with Crippen molar-refractivity contribution in [1.29, 1.82) is 0 Å². The van der Waals surface area contributed by atoms with Gasteiger partial charge in [-0.15, -0.1) is 0 Å². The predicted octanol–water partition coefficient (Wildman–Crippen LogP) is 3.29.